The first-order chi connectivity index (χ1) is 11.0. The predicted octanol–water partition coefficient (Wildman–Crippen LogP) is 2.49. The highest BCUT2D eigenvalue weighted by Crippen LogP contribution is 2.22. The molecule has 2 aromatic carbocycles. The molecule has 0 aliphatic heterocycles. The van der Waals surface area contributed by atoms with Crippen LogP contribution in [0.4, 0.5) is 0 Å². The Morgan fingerprint density at radius 3 is 2.26 bits per heavy atom. The molecule has 0 unspecified atom stereocenters. The quantitative estimate of drug-likeness (QED) is 0.500. The molecule has 4 aromatic rings. The number of para-hydroxylation sites is 2. The molecular formula is C15H12N4O3S. The third-order valence-electron chi connectivity index (χ3n) is 3.51. The predicted molar refractivity (Wildman–Crippen MR) is 86.4 cm³/mol. The maximum Gasteiger partial charge on any atom is 0.269 e. The normalized spacial score (nSPS) is 12.2. The molecule has 7 nitrogen and oxygen atoms in total. The maximum atomic E-state index is 11.0. The van der Waals surface area contributed by atoms with Crippen molar-refractivity contribution in [1.29, 1.82) is 0 Å². The van der Waals surface area contributed by atoms with Crippen molar-refractivity contribution in [3.05, 3.63) is 48.0 Å². The fourth-order valence-corrected chi connectivity index (χ4v) is 3.14. The van der Waals surface area contributed by atoms with Crippen molar-refractivity contribution in [2.45, 2.75) is 5.75 Å². The molecule has 3 N–H and O–H groups in total. The van der Waals surface area contributed by atoms with Gasteiger partial charge in [0.25, 0.3) is 10.1 Å². The number of hydrogen-bond donors (Lipinski definition) is 3. The number of rotatable bonds is 3. The molecule has 8 heteroatoms. The number of hydrogen-bond acceptors (Lipinski definition) is 4. The summed E-state index contributed by atoms with van der Waals surface area (Å²) in [5.41, 5.74) is 3.62. The second-order valence-corrected chi connectivity index (χ2v) is 6.72. The van der Waals surface area contributed by atoms with Crippen LogP contribution in [0.2, 0.25) is 0 Å². The smallest absolute Gasteiger partial charge is 0.269 e. The zero-order valence-electron chi connectivity index (χ0n) is 11.8. The van der Waals surface area contributed by atoms with Crippen molar-refractivity contribution in [2.75, 3.05) is 0 Å². The van der Waals surface area contributed by atoms with E-state index in [0.29, 0.717) is 28.2 Å². The number of nitrogens with zero attached hydrogens (tertiary/aromatic N) is 2. The van der Waals surface area contributed by atoms with E-state index in [1.54, 1.807) is 18.2 Å². The van der Waals surface area contributed by atoms with Crippen molar-refractivity contribution in [2.24, 2.45) is 0 Å². The highest BCUT2D eigenvalue weighted by Gasteiger charge is 2.12. The van der Waals surface area contributed by atoms with Crippen LogP contribution in [0.1, 0.15) is 5.56 Å². The summed E-state index contributed by atoms with van der Waals surface area (Å²) in [6, 6.07) is 12.7. The highest BCUT2D eigenvalue weighted by molar-refractivity contribution is 7.85. The van der Waals surface area contributed by atoms with Gasteiger partial charge in [-0.1, -0.05) is 18.2 Å². The van der Waals surface area contributed by atoms with Gasteiger partial charge in [-0.3, -0.25) is 4.55 Å². The molecule has 0 fully saturated rings. The van der Waals surface area contributed by atoms with E-state index in [-0.39, 0.29) is 0 Å². The van der Waals surface area contributed by atoms with E-state index in [1.807, 2.05) is 24.3 Å². The molecule has 116 valence electrons. The second kappa shape index (κ2) is 4.90. The first kappa shape index (κ1) is 13.9. The Hall–Kier alpha value is -2.71. The van der Waals surface area contributed by atoms with Gasteiger partial charge in [-0.2, -0.15) is 8.42 Å². The van der Waals surface area contributed by atoms with Gasteiger partial charge in [-0.05, 0) is 29.8 Å². The van der Waals surface area contributed by atoms with Crippen LogP contribution >= 0.6 is 0 Å². The van der Waals surface area contributed by atoms with E-state index in [0.717, 1.165) is 11.0 Å². The number of H-pyrrole nitrogens is 2. The molecule has 0 amide bonds. The Balaban J connectivity index is 1.79. The zero-order valence-corrected chi connectivity index (χ0v) is 12.6. The minimum absolute atomic E-state index is 0.429. The van der Waals surface area contributed by atoms with Crippen molar-refractivity contribution < 1.29 is 13.0 Å². The van der Waals surface area contributed by atoms with Crippen LogP contribution in [-0.2, 0) is 15.9 Å². The first-order valence-electron chi connectivity index (χ1n) is 6.87. The van der Waals surface area contributed by atoms with E-state index in [9.17, 15) is 8.42 Å². The van der Waals surface area contributed by atoms with Gasteiger partial charge in [0.05, 0.1) is 22.1 Å². The number of aromatic amines is 2. The molecule has 2 heterocycles. The number of aromatic nitrogens is 4. The molecule has 0 aliphatic rings. The van der Waals surface area contributed by atoms with Crippen LogP contribution in [0.5, 0.6) is 0 Å². The van der Waals surface area contributed by atoms with E-state index in [4.69, 9.17) is 4.55 Å². The molecule has 4 rings (SSSR count). The van der Waals surface area contributed by atoms with Crippen LogP contribution < -0.4 is 0 Å². The Bertz CT molecular complexity index is 1100. The second-order valence-electron chi connectivity index (χ2n) is 5.27. The van der Waals surface area contributed by atoms with Crippen molar-refractivity contribution >= 4 is 32.2 Å². The van der Waals surface area contributed by atoms with Gasteiger partial charge in [-0.25, -0.2) is 9.97 Å². The Labute approximate surface area is 131 Å². The maximum absolute atomic E-state index is 11.0. The number of nitrogens with one attached hydrogen (secondary N) is 2. The van der Waals surface area contributed by atoms with E-state index in [2.05, 4.69) is 19.9 Å². The summed E-state index contributed by atoms with van der Waals surface area (Å²) in [6.45, 7) is 0. The van der Waals surface area contributed by atoms with Crippen LogP contribution in [0.3, 0.4) is 0 Å². The topological polar surface area (TPSA) is 112 Å². The molecule has 0 atom stereocenters. The van der Waals surface area contributed by atoms with Gasteiger partial charge in [0.15, 0.2) is 11.6 Å². The molecule has 0 bridgehead atoms. The molecule has 0 spiro atoms. The average molecular weight is 328 g/mol. The van der Waals surface area contributed by atoms with Crippen LogP contribution in [-0.4, -0.2) is 32.9 Å². The fraction of sp³-hybridized carbons (Fsp3) is 0.0667. The first-order valence-corrected chi connectivity index (χ1v) is 8.48. The summed E-state index contributed by atoms with van der Waals surface area (Å²) >= 11 is 0. The van der Waals surface area contributed by atoms with E-state index in [1.165, 1.54) is 0 Å². The minimum atomic E-state index is -4.06. The van der Waals surface area contributed by atoms with Crippen molar-refractivity contribution in [3.63, 3.8) is 0 Å². The molecule has 2 aromatic heterocycles. The summed E-state index contributed by atoms with van der Waals surface area (Å²) in [5, 5.41) is 0. The Morgan fingerprint density at radius 2 is 1.57 bits per heavy atom. The van der Waals surface area contributed by atoms with Gasteiger partial charge in [-0.15, -0.1) is 0 Å². The average Bonchev–Trinajstić information content (AvgIpc) is 3.08. The SMILES string of the molecule is O=S(=O)(O)Cc1ccc2nc(-c3nc4ccccc4[nH]3)[nH]c2c1. The fourth-order valence-electron chi connectivity index (χ4n) is 2.53. The van der Waals surface area contributed by atoms with Gasteiger partial charge >= 0.3 is 0 Å². The lowest BCUT2D eigenvalue weighted by molar-refractivity contribution is 0.482. The Morgan fingerprint density at radius 1 is 0.913 bits per heavy atom. The third-order valence-corrected chi connectivity index (χ3v) is 4.21. The number of imidazole rings is 2. The van der Waals surface area contributed by atoms with Gasteiger partial charge in [0.1, 0.15) is 5.75 Å². The highest BCUT2D eigenvalue weighted by atomic mass is 32.2. The minimum Gasteiger partial charge on any atom is -0.335 e. The monoisotopic (exact) mass is 328 g/mol. The van der Waals surface area contributed by atoms with E-state index >= 15 is 0 Å². The zero-order chi connectivity index (χ0) is 16.0. The molecule has 0 saturated heterocycles. The summed E-state index contributed by atoms with van der Waals surface area (Å²) in [6.07, 6.45) is 0. The largest absolute Gasteiger partial charge is 0.335 e. The van der Waals surface area contributed by atoms with Gasteiger partial charge < -0.3 is 9.97 Å². The van der Waals surface area contributed by atoms with Gasteiger partial charge in [0.2, 0.25) is 0 Å². The molecule has 23 heavy (non-hydrogen) atoms. The van der Waals surface area contributed by atoms with Crippen LogP contribution in [0, 0.1) is 0 Å². The standard InChI is InChI=1S/C15H12N4O3S/c20-23(21,22)8-9-5-6-12-13(7-9)19-15(18-12)14-16-10-3-1-2-4-11(10)17-14/h1-7H,8H2,(H,16,17)(H,18,19)(H,20,21,22). The summed E-state index contributed by atoms with van der Waals surface area (Å²) in [7, 11) is -4.06. The summed E-state index contributed by atoms with van der Waals surface area (Å²) in [5.74, 6) is 0.751. The molecule has 0 saturated carbocycles. The molecule has 0 radical (unpaired) electrons. The van der Waals surface area contributed by atoms with Crippen molar-refractivity contribution in [1.82, 2.24) is 19.9 Å². The number of fused-ring (bicyclic) bond motifs is 2. The Kier molecular flexibility index (Phi) is 2.97. The van der Waals surface area contributed by atoms with Crippen molar-refractivity contribution in [3.8, 4) is 11.6 Å². The lowest BCUT2D eigenvalue weighted by Crippen LogP contribution is -2.01. The number of benzene rings is 2. The molecular weight excluding hydrogens is 316 g/mol. The lowest BCUT2D eigenvalue weighted by Gasteiger charge is -1.97. The molecule has 0 aliphatic carbocycles. The third kappa shape index (κ3) is 2.69. The lowest BCUT2D eigenvalue weighted by atomic mass is 10.2. The summed E-state index contributed by atoms with van der Waals surface area (Å²) in [4.78, 5) is 15.2. The van der Waals surface area contributed by atoms with Crippen LogP contribution in [0.15, 0.2) is 42.5 Å². The summed E-state index contributed by atoms with van der Waals surface area (Å²) < 4.78 is 30.9. The van der Waals surface area contributed by atoms with E-state index < -0.39 is 15.9 Å². The van der Waals surface area contributed by atoms with Crippen LogP contribution in [0.25, 0.3) is 33.7 Å². The van der Waals surface area contributed by atoms with Gasteiger partial charge in [0, 0.05) is 0 Å².